The van der Waals surface area contributed by atoms with Crippen molar-refractivity contribution < 1.29 is 14.3 Å². The van der Waals surface area contributed by atoms with Crippen molar-refractivity contribution in [3.05, 3.63) is 53.3 Å². The number of benzene rings is 1. The Balaban J connectivity index is 1.97. The molecule has 0 N–H and O–H groups in total. The van der Waals surface area contributed by atoms with Gasteiger partial charge in [-0.25, -0.2) is 0 Å². The van der Waals surface area contributed by atoms with Gasteiger partial charge < -0.3 is 4.74 Å². The number of aromatic nitrogens is 1. The van der Waals surface area contributed by atoms with Crippen molar-refractivity contribution in [3.63, 3.8) is 0 Å². The fourth-order valence-corrected chi connectivity index (χ4v) is 2.47. The lowest BCUT2D eigenvalue weighted by atomic mass is 10.1. The average molecular weight is 282 g/mol. The minimum Gasteiger partial charge on any atom is -0.497 e. The Morgan fingerprint density at radius 1 is 1.19 bits per heavy atom. The van der Waals surface area contributed by atoms with Crippen LogP contribution in [0, 0.1) is 6.92 Å². The Hall–Kier alpha value is -2.69. The maximum atomic E-state index is 12.1. The average Bonchev–Trinajstić information content (AvgIpc) is 2.72. The first-order valence-corrected chi connectivity index (χ1v) is 6.57. The van der Waals surface area contributed by atoms with Gasteiger partial charge in [-0.1, -0.05) is 12.1 Å². The first-order valence-electron chi connectivity index (χ1n) is 6.57. The molecule has 2 aromatic rings. The van der Waals surface area contributed by atoms with Crippen molar-refractivity contribution in [1.82, 2.24) is 4.98 Å². The number of hydrogen-bond acceptors (Lipinski definition) is 4. The third-order valence-corrected chi connectivity index (χ3v) is 3.41. The molecule has 0 aliphatic carbocycles. The summed E-state index contributed by atoms with van der Waals surface area (Å²) in [5.74, 6) is -0.299. The Morgan fingerprint density at radius 2 is 1.95 bits per heavy atom. The quantitative estimate of drug-likeness (QED) is 0.809. The molecule has 1 aliphatic rings. The number of ether oxygens (including phenoxy) is 1. The Bertz CT molecular complexity index is 740. The summed E-state index contributed by atoms with van der Waals surface area (Å²) in [5.41, 5.74) is 2.57. The van der Waals surface area contributed by atoms with Gasteiger partial charge >= 0.3 is 0 Å². The van der Waals surface area contributed by atoms with E-state index in [4.69, 9.17) is 4.74 Å². The van der Waals surface area contributed by atoms with Gasteiger partial charge in [-0.15, -0.1) is 0 Å². The zero-order valence-electron chi connectivity index (χ0n) is 11.8. The molecule has 0 radical (unpaired) electrons. The predicted octanol–water partition coefficient (Wildman–Crippen LogP) is 2.13. The number of methoxy groups -OCH3 is 1. The number of Topliss-reactive ketones (excluding diaryl/α,β-unsaturated/α-hetero) is 1. The smallest absolute Gasteiger partial charge is 0.299 e. The van der Waals surface area contributed by atoms with E-state index in [2.05, 4.69) is 4.98 Å². The van der Waals surface area contributed by atoms with Gasteiger partial charge in [0.25, 0.3) is 11.7 Å². The van der Waals surface area contributed by atoms with E-state index in [1.165, 1.54) is 4.90 Å². The van der Waals surface area contributed by atoms with E-state index in [1.54, 1.807) is 31.4 Å². The fraction of sp³-hybridized carbons (Fsp3) is 0.188. The number of pyridine rings is 1. The number of rotatable bonds is 3. The first kappa shape index (κ1) is 13.3. The molecule has 3 rings (SSSR count). The number of aryl methyl sites for hydroxylation is 1. The summed E-state index contributed by atoms with van der Waals surface area (Å²) in [6.45, 7) is 2.11. The van der Waals surface area contributed by atoms with Crippen LogP contribution in [0.2, 0.25) is 0 Å². The fourth-order valence-electron chi connectivity index (χ4n) is 2.47. The van der Waals surface area contributed by atoms with Gasteiger partial charge in [0.2, 0.25) is 0 Å². The van der Waals surface area contributed by atoms with Crippen LogP contribution in [0.3, 0.4) is 0 Å². The van der Waals surface area contributed by atoms with Crippen molar-refractivity contribution in [3.8, 4) is 5.75 Å². The first-order chi connectivity index (χ1) is 10.1. The molecule has 0 saturated carbocycles. The molecule has 2 heterocycles. The molecule has 106 valence electrons. The molecule has 0 spiro atoms. The normalized spacial score (nSPS) is 13.5. The van der Waals surface area contributed by atoms with Gasteiger partial charge in [-0.3, -0.25) is 19.5 Å². The Labute approximate surface area is 122 Å². The van der Waals surface area contributed by atoms with Crippen LogP contribution in [-0.4, -0.2) is 23.8 Å². The van der Waals surface area contributed by atoms with Crippen molar-refractivity contribution >= 4 is 17.4 Å². The van der Waals surface area contributed by atoms with Gasteiger partial charge in [-0.05, 0) is 19.1 Å². The van der Waals surface area contributed by atoms with Crippen molar-refractivity contribution in [2.75, 3.05) is 12.0 Å². The third-order valence-electron chi connectivity index (χ3n) is 3.41. The number of carbonyl (C=O) groups excluding carboxylic acids is 2. The highest BCUT2D eigenvalue weighted by Gasteiger charge is 2.35. The summed E-state index contributed by atoms with van der Waals surface area (Å²) in [5, 5.41) is 0. The van der Waals surface area contributed by atoms with Gasteiger partial charge in [0.15, 0.2) is 0 Å². The standard InChI is InChI=1S/C16H14N2O3/c1-10-7-12(21-2)8-11(17-10)9-18-14-6-4-3-5-13(14)15(19)16(18)20/h3-8H,9H2,1-2H3. The molecule has 0 unspecified atom stereocenters. The molecule has 1 aromatic carbocycles. The number of fused-ring (bicyclic) bond motifs is 1. The molecule has 0 bridgehead atoms. The van der Waals surface area contributed by atoms with Crippen LogP contribution in [-0.2, 0) is 11.3 Å². The van der Waals surface area contributed by atoms with Gasteiger partial charge in [0.05, 0.1) is 30.6 Å². The summed E-state index contributed by atoms with van der Waals surface area (Å²) in [4.78, 5) is 29.9. The van der Waals surface area contributed by atoms with Crippen LogP contribution >= 0.6 is 0 Å². The molecule has 5 nitrogen and oxygen atoms in total. The van der Waals surface area contributed by atoms with Crippen LogP contribution in [0.1, 0.15) is 21.7 Å². The molecule has 0 saturated heterocycles. The minimum atomic E-state index is -0.515. The van der Waals surface area contributed by atoms with E-state index in [9.17, 15) is 9.59 Å². The highest BCUT2D eigenvalue weighted by molar-refractivity contribution is 6.52. The number of para-hydroxylation sites is 1. The molecule has 1 aromatic heterocycles. The van der Waals surface area contributed by atoms with E-state index in [-0.39, 0.29) is 6.54 Å². The zero-order valence-corrected chi connectivity index (χ0v) is 11.8. The summed E-state index contributed by atoms with van der Waals surface area (Å²) < 4.78 is 5.21. The van der Waals surface area contributed by atoms with Gasteiger partial charge in [-0.2, -0.15) is 0 Å². The molecule has 0 atom stereocenters. The number of carbonyl (C=O) groups is 2. The Morgan fingerprint density at radius 3 is 2.71 bits per heavy atom. The maximum Gasteiger partial charge on any atom is 0.299 e. The minimum absolute atomic E-state index is 0.250. The summed E-state index contributed by atoms with van der Waals surface area (Å²) in [7, 11) is 1.58. The molecule has 1 amide bonds. The molecular formula is C16H14N2O3. The highest BCUT2D eigenvalue weighted by atomic mass is 16.5. The Kier molecular flexibility index (Phi) is 3.17. The molecule has 5 heteroatoms. The lowest BCUT2D eigenvalue weighted by Crippen LogP contribution is -2.29. The maximum absolute atomic E-state index is 12.1. The van der Waals surface area contributed by atoms with Crippen molar-refractivity contribution in [2.45, 2.75) is 13.5 Å². The molecule has 1 aliphatic heterocycles. The van der Waals surface area contributed by atoms with Crippen LogP contribution in [0.25, 0.3) is 0 Å². The number of amides is 1. The second kappa shape index (κ2) is 5.01. The topological polar surface area (TPSA) is 59.5 Å². The lowest BCUT2D eigenvalue weighted by molar-refractivity contribution is -0.114. The van der Waals surface area contributed by atoms with E-state index in [0.29, 0.717) is 22.7 Å². The monoisotopic (exact) mass is 282 g/mol. The molecular weight excluding hydrogens is 268 g/mol. The van der Waals surface area contributed by atoms with Crippen molar-refractivity contribution in [2.24, 2.45) is 0 Å². The zero-order chi connectivity index (χ0) is 15.0. The number of ketones is 1. The summed E-state index contributed by atoms with van der Waals surface area (Å²) >= 11 is 0. The van der Waals surface area contributed by atoms with E-state index in [1.807, 2.05) is 19.1 Å². The molecule has 21 heavy (non-hydrogen) atoms. The largest absolute Gasteiger partial charge is 0.497 e. The van der Waals surface area contributed by atoms with Gasteiger partial charge in [0, 0.05) is 17.8 Å². The second-order valence-corrected chi connectivity index (χ2v) is 4.88. The van der Waals surface area contributed by atoms with E-state index in [0.717, 1.165) is 5.69 Å². The molecule has 0 fully saturated rings. The highest BCUT2D eigenvalue weighted by Crippen LogP contribution is 2.30. The van der Waals surface area contributed by atoms with E-state index >= 15 is 0 Å². The van der Waals surface area contributed by atoms with Crippen LogP contribution in [0.4, 0.5) is 5.69 Å². The number of hydrogen-bond donors (Lipinski definition) is 0. The van der Waals surface area contributed by atoms with Crippen LogP contribution < -0.4 is 9.64 Å². The summed E-state index contributed by atoms with van der Waals surface area (Å²) in [6.07, 6.45) is 0. The third kappa shape index (κ3) is 2.27. The lowest BCUT2D eigenvalue weighted by Gasteiger charge is -2.16. The number of nitrogens with zero attached hydrogens (tertiary/aromatic N) is 2. The summed E-state index contributed by atoms with van der Waals surface area (Å²) in [6, 6.07) is 10.6. The second-order valence-electron chi connectivity index (χ2n) is 4.88. The van der Waals surface area contributed by atoms with Crippen LogP contribution in [0.15, 0.2) is 36.4 Å². The van der Waals surface area contributed by atoms with Crippen LogP contribution in [0.5, 0.6) is 5.75 Å². The van der Waals surface area contributed by atoms with Crippen molar-refractivity contribution in [1.29, 1.82) is 0 Å². The van der Waals surface area contributed by atoms with E-state index < -0.39 is 11.7 Å². The van der Waals surface area contributed by atoms with Gasteiger partial charge in [0.1, 0.15) is 5.75 Å². The number of anilines is 1. The predicted molar refractivity (Wildman–Crippen MR) is 77.5 cm³/mol. The SMILES string of the molecule is COc1cc(C)nc(CN2C(=O)C(=O)c3ccccc32)c1.